The van der Waals surface area contributed by atoms with Gasteiger partial charge in [0.25, 0.3) is 0 Å². The molecule has 1 amide bonds. The number of carbonyl (C=O) groups is 3. The number of aliphatic carboxylic acids is 1. The molecule has 0 heterocycles. The van der Waals surface area contributed by atoms with Gasteiger partial charge in [-0.25, -0.2) is 9.36 Å². The maximum Gasteiger partial charge on any atom is 0.472 e. The number of aliphatic hydroxyl groups excluding tert-OH is 1. The summed E-state index contributed by atoms with van der Waals surface area (Å²) in [5, 5.41) is 21.8. The summed E-state index contributed by atoms with van der Waals surface area (Å²) in [5.41, 5.74) is 0. The zero-order chi connectivity index (χ0) is 47.0. The number of aliphatic hydroxyl groups is 1. The molecule has 0 aliphatic rings. The monoisotopic (exact) mass is 910 g/mol. The fraction of sp³-hybridized carbons (Fsp3) is 0.519. The van der Waals surface area contributed by atoms with Crippen LogP contribution in [0.1, 0.15) is 142 Å². The average Bonchev–Trinajstić information content (AvgIpc) is 3.27. The van der Waals surface area contributed by atoms with E-state index in [-0.39, 0.29) is 12.8 Å². The maximum atomic E-state index is 12.3. The summed E-state index contributed by atoms with van der Waals surface area (Å²) in [6.07, 6.45) is 62.0. The number of esters is 1. The van der Waals surface area contributed by atoms with Gasteiger partial charge in [0.1, 0.15) is 12.7 Å². The molecule has 3 atom stereocenters. The first-order chi connectivity index (χ1) is 31.1. The normalized spacial score (nSPS) is 14.8. The van der Waals surface area contributed by atoms with Crippen molar-refractivity contribution < 1.29 is 47.8 Å². The Morgan fingerprint density at radius 1 is 0.500 bits per heavy atom. The number of allylic oxidation sites excluding steroid dienone is 22. The zero-order valence-corrected chi connectivity index (χ0v) is 39.7. The first-order valence-corrected chi connectivity index (χ1v) is 24.7. The third-order valence-electron chi connectivity index (χ3n) is 8.95. The minimum absolute atomic E-state index is 0.0105. The molecule has 3 unspecified atom stereocenters. The van der Waals surface area contributed by atoms with Crippen LogP contribution >= 0.6 is 7.82 Å². The van der Waals surface area contributed by atoms with E-state index in [9.17, 15) is 34.1 Å². The molecule has 0 saturated heterocycles. The van der Waals surface area contributed by atoms with Crippen LogP contribution < -0.4 is 5.32 Å². The van der Waals surface area contributed by atoms with Gasteiger partial charge in [-0.3, -0.25) is 18.6 Å². The van der Waals surface area contributed by atoms with E-state index in [0.717, 1.165) is 96.3 Å². The van der Waals surface area contributed by atoms with Crippen molar-refractivity contribution in [1.82, 2.24) is 5.32 Å². The number of phosphoric acid groups is 1. The van der Waals surface area contributed by atoms with Crippen molar-refractivity contribution >= 4 is 25.7 Å². The van der Waals surface area contributed by atoms with Gasteiger partial charge in [-0.2, -0.15) is 0 Å². The molecule has 0 aromatic heterocycles. The average molecular weight is 910 g/mol. The quantitative estimate of drug-likeness (QED) is 0.0200. The number of unbranched alkanes of at least 4 members (excludes halogenated alkanes) is 5. The van der Waals surface area contributed by atoms with E-state index in [4.69, 9.17) is 13.8 Å². The fourth-order valence-corrected chi connectivity index (χ4v) is 6.19. The summed E-state index contributed by atoms with van der Waals surface area (Å²) >= 11 is 0. The van der Waals surface area contributed by atoms with Crippen LogP contribution in [0.4, 0.5) is 0 Å². The fourth-order valence-electron chi connectivity index (χ4n) is 5.42. The van der Waals surface area contributed by atoms with Gasteiger partial charge >= 0.3 is 19.8 Å². The molecule has 0 aliphatic carbocycles. The summed E-state index contributed by atoms with van der Waals surface area (Å²) < 4.78 is 26.8. The van der Waals surface area contributed by atoms with Crippen molar-refractivity contribution in [2.24, 2.45) is 0 Å². The molecule has 4 N–H and O–H groups in total. The smallest absolute Gasteiger partial charge is 0.472 e. The van der Waals surface area contributed by atoms with E-state index in [1.807, 2.05) is 18.2 Å². The lowest BCUT2D eigenvalue weighted by molar-refractivity contribution is -0.147. The Bertz CT molecular complexity index is 1580. The second-order valence-corrected chi connectivity index (χ2v) is 16.3. The van der Waals surface area contributed by atoms with Crippen LogP contribution in [0.15, 0.2) is 134 Å². The Morgan fingerprint density at radius 3 is 1.31 bits per heavy atom. The van der Waals surface area contributed by atoms with Gasteiger partial charge in [-0.05, 0) is 96.3 Å². The van der Waals surface area contributed by atoms with Gasteiger partial charge in [0, 0.05) is 12.8 Å². The third-order valence-corrected chi connectivity index (χ3v) is 9.90. The molecule has 0 rings (SSSR count). The molecular weight excluding hydrogens is 830 g/mol. The van der Waals surface area contributed by atoms with E-state index in [2.05, 4.69) is 135 Å². The van der Waals surface area contributed by atoms with Gasteiger partial charge in [0.15, 0.2) is 6.04 Å². The first-order valence-electron chi connectivity index (χ1n) is 23.2. The molecular formula is C52H80NO10P. The summed E-state index contributed by atoms with van der Waals surface area (Å²) in [5.74, 6) is -2.53. The predicted molar refractivity (Wildman–Crippen MR) is 262 cm³/mol. The van der Waals surface area contributed by atoms with E-state index >= 15 is 0 Å². The minimum atomic E-state index is -4.80. The van der Waals surface area contributed by atoms with Crippen LogP contribution in [-0.2, 0) is 32.7 Å². The first kappa shape index (κ1) is 59.6. The Kier molecular flexibility index (Phi) is 42.1. The van der Waals surface area contributed by atoms with Crippen LogP contribution in [0.5, 0.6) is 0 Å². The molecule has 64 heavy (non-hydrogen) atoms. The topological polar surface area (TPSA) is 169 Å². The maximum absolute atomic E-state index is 12.3. The highest BCUT2D eigenvalue weighted by molar-refractivity contribution is 7.47. The van der Waals surface area contributed by atoms with Crippen molar-refractivity contribution in [1.29, 1.82) is 0 Å². The highest BCUT2D eigenvalue weighted by Crippen LogP contribution is 2.43. The standard InChI is InChI=1S/C52H80NO10P/c1-3-5-7-9-11-13-15-17-19-21-23-24-26-28-30-32-34-36-38-40-42-44-51(56)61-45-48(54)46-62-64(59,60)63-47-49(52(57)58)53-50(55)43-41-39-37-35-33-31-29-27-25-22-20-18-16-14-12-10-8-6-4-2/h5-8,11-14,17-20,23-25,27-28,30-31,33,37,39,48-49,54H,3-4,9-10,15-16,21-22,26,29,32,34-36,38,40-47H2,1-2H3,(H,53,55)(H,57,58)(H,59,60)/b7-5-,8-6-,13-11-,14-12-,19-17-,20-18-,24-23-,27-25-,30-28-,33-31-,39-37-. The van der Waals surface area contributed by atoms with Gasteiger partial charge < -0.3 is 25.2 Å². The molecule has 0 fully saturated rings. The van der Waals surface area contributed by atoms with E-state index < -0.39 is 57.6 Å². The van der Waals surface area contributed by atoms with Crippen LogP contribution in [0.2, 0.25) is 0 Å². The van der Waals surface area contributed by atoms with Crippen molar-refractivity contribution in [2.75, 3.05) is 19.8 Å². The SMILES string of the molecule is CC/C=C\C/C=C\C/C=C\C/C=C\C/C=C\C/C=C\CCC(=O)NC(COP(=O)(O)OCC(O)COC(=O)CCCCCCC/C=C\C/C=C\C/C=C\C/C=C\C/C=C\CC)C(=O)O. The van der Waals surface area contributed by atoms with Crippen molar-refractivity contribution in [3.63, 3.8) is 0 Å². The number of rotatable bonds is 41. The highest BCUT2D eigenvalue weighted by atomic mass is 31.2. The minimum Gasteiger partial charge on any atom is -0.480 e. The van der Waals surface area contributed by atoms with E-state index in [1.165, 1.54) is 0 Å². The van der Waals surface area contributed by atoms with E-state index in [0.29, 0.717) is 19.3 Å². The molecule has 0 spiro atoms. The highest BCUT2D eigenvalue weighted by Gasteiger charge is 2.28. The van der Waals surface area contributed by atoms with Gasteiger partial charge in [-0.15, -0.1) is 0 Å². The largest absolute Gasteiger partial charge is 0.480 e. The molecule has 0 radical (unpaired) electrons. The number of nitrogens with one attached hydrogen (secondary N) is 1. The van der Waals surface area contributed by atoms with Crippen molar-refractivity contribution in [3.05, 3.63) is 134 Å². The summed E-state index contributed by atoms with van der Waals surface area (Å²) in [6, 6.07) is -1.60. The van der Waals surface area contributed by atoms with Crippen LogP contribution in [0.25, 0.3) is 0 Å². The number of hydrogen-bond acceptors (Lipinski definition) is 8. The number of hydrogen-bond donors (Lipinski definition) is 4. The van der Waals surface area contributed by atoms with E-state index in [1.54, 1.807) is 0 Å². The molecule has 0 aromatic rings. The Hall–Kier alpha value is -4.38. The summed E-state index contributed by atoms with van der Waals surface area (Å²) in [7, 11) is -4.80. The molecule has 0 aromatic carbocycles. The molecule has 0 aliphatic heterocycles. The van der Waals surface area contributed by atoms with Gasteiger partial charge in [-0.1, -0.05) is 167 Å². The zero-order valence-electron chi connectivity index (χ0n) is 38.8. The molecule has 0 saturated carbocycles. The lowest BCUT2D eigenvalue weighted by Crippen LogP contribution is -2.43. The predicted octanol–water partition coefficient (Wildman–Crippen LogP) is 12.6. The number of amides is 1. The Balaban J connectivity index is 4.03. The Morgan fingerprint density at radius 2 is 0.875 bits per heavy atom. The van der Waals surface area contributed by atoms with Crippen molar-refractivity contribution in [2.45, 2.75) is 154 Å². The van der Waals surface area contributed by atoms with Gasteiger partial charge in [0.2, 0.25) is 5.91 Å². The van der Waals surface area contributed by atoms with Crippen LogP contribution in [-0.4, -0.2) is 64.9 Å². The Labute approximate surface area is 385 Å². The van der Waals surface area contributed by atoms with Crippen LogP contribution in [0, 0.1) is 0 Å². The molecule has 358 valence electrons. The number of ether oxygens (including phenoxy) is 1. The molecule has 11 nitrogen and oxygen atoms in total. The van der Waals surface area contributed by atoms with Crippen molar-refractivity contribution in [3.8, 4) is 0 Å². The molecule has 12 heteroatoms. The number of phosphoric ester groups is 1. The van der Waals surface area contributed by atoms with Gasteiger partial charge in [0.05, 0.1) is 13.2 Å². The number of carboxylic acids is 1. The second kappa shape index (κ2) is 45.2. The lowest BCUT2D eigenvalue weighted by atomic mass is 10.1. The van der Waals surface area contributed by atoms with Crippen LogP contribution in [0.3, 0.4) is 0 Å². The second-order valence-electron chi connectivity index (χ2n) is 14.8. The number of carbonyl (C=O) groups excluding carboxylic acids is 2. The third kappa shape index (κ3) is 44.2. The summed E-state index contributed by atoms with van der Waals surface area (Å²) in [6.45, 7) is 2.27. The number of carboxylic acid groups (broad SMARTS) is 1. The molecule has 0 bridgehead atoms. The lowest BCUT2D eigenvalue weighted by Gasteiger charge is -2.18. The summed E-state index contributed by atoms with van der Waals surface area (Å²) in [4.78, 5) is 46.0.